The molecule has 100 valence electrons. The number of nitrogens with zero attached hydrogens (tertiary/aromatic N) is 1. The Morgan fingerprint density at radius 1 is 1.28 bits per heavy atom. The molecule has 5 heteroatoms. The first-order valence-electron chi connectivity index (χ1n) is 6.17. The van der Waals surface area contributed by atoms with Crippen molar-refractivity contribution in [3.8, 4) is 0 Å². The topological polar surface area (TPSA) is 63.4 Å². The summed E-state index contributed by atoms with van der Waals surface area (Å²) in [5, 5.41) is 0. The van der Waals surface area contributed by atoms with Crippen LogP contribution in [0.3, 0.4) is 0 Å². The van der Waals surface area contributed by atoms with Crippen LogP contribution in [0.2, 0.25) is 0 Å². The summed E-state index contributed by atoms with van der Waals surface area (Å²) in [6, 6.07) is 6.19. The zero-order valence-electron chi connectivity index (χ0n) is 10.9. The zero-order valence-corrected chi connectivity index (χ0v) is 11.7. The van der Waals surface area contributed by atoms with Crippen LogP contribution in [0.25, 0.3) is 0 Å². The fourth-order valence-corrected chi connectivity index (χ4v) is 4.08. The van der Waals surface area contributed by atoms with Gasteiger partial charge in [-0.2, -0.15) is 0 Å². The molecule has 0 amide bonds. The first-order chi connectivity index (χ1) is 8.41. The Hall–Kier alpha value is -1.07. The van der Waals surface area contributed by atoms with Crippen molar-refractivity contribution in [3.63, 3.8) is 0 Å². The lowest BCUT2D eigenvalue weighted by Crippen LogP contribution is -2.52. The highest BCUT2D eigenvalue weighted by atomic mass is 32.2. The second-order valence-corrected chi connectivity index (χ2v) is 7.27. The van der Waals surface area contributed by atoms with Crippen LogP contribution in [0, 0.1) is 13.8 Å². The predicted octanol–water partition coefficient (Wildman–Crippen LogP) is 0.866. The van der Waals surface area contributed by atoms with Gasteiger partial charge in [0, 0.05) is 18.8 Å². The number of hydrogen-bond donors (Lipinski definition) is 1. The Morgan fingerprint density at radius 3 is 2.44 bits per heavy atom. The first-order valence-corrected chi connectivity index (χ1v) is 7.99. The number of benzene rings is 1. The highest BCUT2D eigenvalue weighted by Gasteiger charge is 2.30. The Bertz CT molecular complexity index is 520. The van der Waals surface area contributed by atoms with Crippen molar-refractivity contribution in [3.05, 3.63) is 29.3 Å². The van der Waals surface area contributed by atoms with Gasteiger partial charge in [0.2, 0.25) is 0 Å². The maximum atomic E-state index is 11.6. The summed E-state index contributed by atoms with van der Waals surface area (Å²) in [4.78, 5) is 2.13. The van der Waals surface area contributed by atoms with E-state index in [1.807, 2.05) is 0 Å². The molecule has 0 aromatic heterocycles. The van der Waals surface area contributed by atoms with Gasteiger partial charge in [-0.25, -0.2) is 8.42 Å². The van der Waals surface area contributed by atoms with Crippen molar-refractivity contribution in [2.75, 3.05) is 29.5 Å². The van der Waals surface area contributed by atoms with Gasteiger partial charge in [0.05, 0.1) is 17.5 Å². The molecule has 1 fully saturated rings. The van der Waals surface area contributed by atoms with Crippen LogP contribution in [-0.2, 0) is 9.84 Å². The highest BCUT2D eigenvalue weighted by molar-refractivity contribution is 7.91. The van der Waals surface area contributed by atoms with E-state index in [4.69, 9.17) is 5.73 Å². The monoisotopic (exact) mass is 268 g/mol. The van der Waals surface area contributed by atoms with Crippen molar-refractivity contribution in [1.29, 1.82) is 0 Å². The predicted molar refractivity (Wildman–Crippen MR) is 74.8 cm³/mol. The molecule has 18 heavy (non-hydrogen) atoms. The molecule has 1 aromatic rings. The first kappa shape index (κ1) is 13.4. The van der Waals surface area contributed by atoms with Gasteiger partial charge >= 0.3 is 0 Å². The number of anilines is 1. The summed E-state index contributed by atoms with van der Waals surface area (Å²) in [7, 11) is -2.93. The average Bonchev–Trinajstić information content (AvgIpc) is 2.26. The summed E-state index contributed by atoms with van der Waals surface area (Å²) in [5.74, 6) is 0.382. The Balaban J connectivity index is 2.32. The van der Waals surface area contributed by atoms with Crippen molar-refractivity contribution < 1.29 is 8.42 Å². The largest absolute Gasteiger partial charge is 0.365 e. The van der Waals surface area contributed by atoms with E-state index in [0.29, 0.717) is 13.1 Å². The third-order valence-corrected chi connectivity index (χ3v) is 5.04. The molecule has 1 unspecified atom stereocenters. The van der Waals surface area contributed by atoms with Gasteiger partial charge < -0.3 is 10.6 Å². The van der Waals surface area contributed by atoms with Gasteiger partial charge in [-0.3, -0.25) is 0 Å². The number of nitrogens with two attached hydrogens (primary N) is 1. The minimum absolute atomic E-state index is 0.107. The van der Waals surface area contributed by atoms with Crippen molar-refractivity contribution in [2.45, 2.75) is 19.9 Å². The van der Waals surface area contributed by atoms with Crippen LogP contribution in [0.5, 0.6) is 0 Å². The summed E-state index contributed by atoms with van der Waals surface area (Å²) in [5.41, 5.74) is 9.18. The summed E-state index contributed by atoms with van der Waals surface area (Å²) < 4.78 is 23.3. The molecule has 0 saturated carbocycles. The van der Waals surface area contributed by atoms with Crippen LogP contribution >= 0.6 is 0 Å². The summed E-state index contributed by atoms with van der Waals surface area (Å²) in [6.45, 7) is 5.00. The van der Waals surface area contributed by atoms with E-state index in [2.05, 4.69) is 36.9 Å². The van der Waals surface area contributed by atoms with E-state index in [-0.39, 0.29) is 17.5 Å². The van der Waals surface area contributed by atoms with E-state index in [9.17, 15) is 8.42 Å². The number of hydrogen-bond acceptors (Lipinski definition) is 4. The molecule has 1 aromatic carbocycles. The number of sulfone groups is 1. The van der Waals surface area contributed by atoms with Crippen LogP contribution in [0.15, 0.2) is 18.2 Å². The molecule has 2 N–H and O–H groups in total. The third-order valence-electron chi connectivity index (χ3n) is 3.34. The Morgan fingerprint density at radius 2 is 1.89 bits per heavy atom. The van der Waals surface area contributed by atoms with E-state index in [1.54, 1.807) is 0 Å². The molecule has 0 aliphatic carbocycles. The quantitative estimate of drug-likeness (QED) is 0.864. The second kappa shape index (κ2) is 4.90. The fraction of sp³-hybridized carbons (Fsp3) is 0.538. The van der Waals surface area contributed by atoms with E-state index >= 15 is 0 Å². The van der Waals surface area contributed by atoms with E-state index < -0.39 is 9.84 Å². The van der Waals surface area contributed by atoms with Crippen LogP contribution in [0.4, 0.5) is 5.69 Å². The molecule has 0 bridgehead atoms. The Kier molecular flexibility index (Phi) is 3.64. The zero-order chi connectivity index (χ0) is 13.3. The lowest BCUT2D eigenvalue weighted by Gasteiger charge is -2.37. The standard InChI is InChI=1S/C13H20N2O2S/c1-10-5-11(2)7-12(6-10)15-3-4-18(16,17)9-13(15)8-14/h5-7,13H,3-4,8-9,14H2,1-2H3. The minimum Gasteiger partial charge on any atom is -0.365 e. The molecular weight excluding hydrogens is 248 g/mol. The van der Waals surface area contributed by atoms with Gasteiger partial charge in [-0.15, -0.1) is 0 Å². The van der Waals surface area contributed by atoms with E-state index in [1.165, 1.54) is 11.1 Å². The maximum absolute atomic E-state index is 11.6. The van der Waals surface area contributed by atoms with Crippen molar-refractivity contribution >= 4 is 15.5 Å². The third kappa shape index (κ3) is 2.84. The van der Waals surface area contributed by atoms with Crippen molar-refractivity contribution in [1.82, 2.24) is 0 Å². The molecule has 0 radical (unpaired) electrons. The summed E-state index contributed by atoms with van der Waals surface area (Å²) in [6.07, 6.45) is 0. The molecule has 2 rings (SSSR count). The molecule has 1 aliphatic rings. The van der Waals surface area contributed by atoms with Crippen LogP contribution in [-0.4, -0.2) is 39.1 Å². The lowest BCUT2D eigenvalue weighted by molar-refractivity contribution is 0.559. The van der Waals surface area contributed by atoms with Crippen LogP contribution < -0.4 is 10.6 Å². The molecule has 1 atom stereocenters. The molecule has 4 nitrogen and oxygen atoms in total. The van der Waals surface area contributed by atoms with Gasteiger partial charge in [0.1, 0.15) is 0 Å². The molecule has 1 aliphatic heterocycles. The summed E-state index contributed by atoms with van der Waals surface area (Å²) >= 11 is 0. The smallest absolute Gasteiger partial charge is 0.154 e. The highest BCUT2D eigenvalue weighted by Crippen LogP contribution is 2.23. The SMILES string of the molecule is Cc1cc(C)cc(N2CCS(=O)(=O)CC2CN)c1. The normalized spacial score (nSPS) is 23.1. The van der Waals surface area contributed by atoms with Gasteiger partial charge in [-0.05, 0) is 37.1 Å². The maximum Gasteiger partial charge on any atom is 0.154 e. The number of aryl methyl sites for hydroxylation is 2. The van der Waals surface area contributed by atoms with E-state index in [0.717, 1.165) is 5.69 Å². The van der Waals surface area contributed by atoms with Gasteiger partial charge in [0.25, 0.3) is 0 Å². The second-order valence-electron chi connectivity index (χ2n) is 5.04. The molecular formula is C13H20N2O2S. The minimum atomic E-state index is -2.93. The van der Waals surface area contributed by atoms with Crippen molar-refractivity contribution in [2.24, 2.45) is 5.73 Å². The fourth-order valence-electron chi connectivity index (χ4n) is 2.54. The average molecular weight is 268 g/mol. The Labute approximate surface area is 109 Å². The molecule has 1 saturated heterocycles. The van der Waals surface area contributed by atoms with Crippen LogP contribution in [0.1, 0.15) is 11.1 Å². The van der Waals surface area contributed by atoms with Gasteiger partial charge in [0.15, 0.2) is 9.84 Å². The van der Waals surface area contributed by atoms with Gasteiger partial charge in [-0.1, -0.05) is 6.07 Å². The molecule has 0 spiro atoms. The molecule has 1 heterocycles. The number of rotatable bonds is 2. The lowest BCUT2D eigenvalue weighted by atomic mass is 10.1.